The smallest absolute Gasteiger partial charge is 0.257 e. The van der Waals surface area contributed by atoms with Crippen LogP contribution < -0.4 is 24.8 Å². The van der Waals surface area contributed by atoms with Gasteiger partial charge >= 0.3 is 0 Å². The Hall–Kier alpha value is -3.10. The number of thiocarbonyl (C=S) groups is 1. The first kappa shape index (κ1) is 26.5. The molecule has 35 heavy (non-hydrogen) atoms. The third-order valence-electron chi connectivity index (χ3n) is 5.06. The molecule has 0 radical (unpaired) electrons. The summed E-state index contributed by atoms with van der Waals surface area (Å²) in [5.41, 5.74) is 2.62. The fourth-order valence-electron chi connectivity index (χ4n) is 3.24. The molecule has 0 aliphatic carbocycles. The van der Waals surface area contributed by atoms with Crippen LogP contribution in [-0.4, -0.2) is 31.3 Å². The molecule has 8 heteroatoms. The fourth-order valence-corrected chi connectivity index (χ4v) is 3.90. The van der Waals surface area contributed by atoms with Crippen molar-refractivity contribution in [1.82, 2.24) is 10.6 Å². The highest BCUT2D eigenvalue weighted by atomic mass is 79.9. The summed E-state index contributed by atoms with van der Waals surface area (Å²) in [6.45, 7) is 3.65. The van der Waals surface area contributed by atoms with Gasteiger partial charge < -0.3 is 19.5 Å². The summed E-state index contributed by atoms with van der Waals surface area (Å²) in [6, 6.07) is 21.0. The molecule has 3 rings (SSSR count). The summed E-state index contributed by atoms with van der Waals surface area (Å²) in [7, 11) is 1.61. The summed E-state index contributed by atoms with van der Waals surface area (Å²) in [6.07, 6.45) is 1.72. The van der Waals surface area contributed by atoms with Crippen LogP contribution in [0, 0.1) is 0 Å². The summed E-state index contributed by atoms with van der Waals surface area (Å²) in [5, 5.41) is 5.99. The summed E-state index contributed by atoms with van der Waals surface area (Å²) in [5.74, 6) is 1.73. The molecule has 184 valence electrons. The maximum absolute atomic E-state index is 12.6. The second-order valence-electron chi connectivity index (χ2n) is 7.70. The molecule has 0 bridgehead atoms. The Morgan fingerprint density at radius 3 is 2.37 bits per heavy atom. The van der Waals surface area contributed by atoms with Crippen LogP contribution in [0.2, 0.25) is 0 Å². The van der Waals surface area contributed by atoms with E-state index < -0.39 is 0 Å². The Morgan fingerprint density at radius 1 is 0.914 bits per heavy atom. The average molecular weight is 558 g/mol. The van der Waals surface area contributed by atoms with Gasteiger partial charge in [-0.3, -0.25) is 10.1 Å². The summed E-state index contributed by atoms with van der Waals surface area (Å²) < 4.78 is 17.6. The number of amides is 1. The van der Waals surface area contributed by atoms with Crippen LogP contribution in [0.25, 0.3) is 0 Å². The topological polar surface area (TPSA) is 68.8 Å². The average Bonchev–Trinajstić information content (AvgIpc) is 2.87. The third kappa shape index (κ3) is 8.26. The minimum Gasteiger partial charge on any atom is -0.493 e. The second kappa shape index (κ2) is 13.7. The predicted octanol–water partition coefficient (Wildman–Crippen LogP) is 5.67. The van der Waals surface area contributed by atoms with Gasteiger partial charge in [0.25, 0.3) is 5.91 Å². The van der Waals surface area contributed by atoms with E-state index in [1.165, 1.54) is 5.56 Å². The number of hydrogen-bond acceptors (Lipinski definition) is 5. The molecular weight excluding hydrogens is 528 g/mol. The van der Waals surface area contributed by atoms with Gasteiger partial charge in [-0.05, 0) is 76.0 Å². The van der Waals surface area contributed by atoms with Crippen molar-refractivity contribution >= 4 is 39.2 Å². The van der Waals surface area contributed by atoms with Gasteiger partial charge in [-0.25, -0.2) is 0 Å². The van der Waals surface area contributed by atoms with Crippen LogP contribution >= 0.6 is 28.1 Å². The van der Waals surface area contributed by atoms with Crippen LogP contribution in [0.4, 0.5) is 0 Å². The Kier molecular flexibility index (Phi) is 10.4. The lowest BCUT2D eigenvalue weighted by atomic mass is 10.2. The zero-order chi connectivity index (χ0) is 25.0. The normalized spacial score (nSPS) is 10.4. The molecule has 0 heterocycles. The maximum Gasteiger partial charge on any atom is 0.257 e. The van der Waals surface area contributed by atoms with E-state index in [1.54, 1.807) is 25.3 Å². The van der Waals surface area contributed by atoms with Crippen LogP contribution in [0.3, 0.4) is 0 Å². The standard InChI is InChI=1S/C27H29BrN2O4S/c1-3-14-33-24-11-9-20(16-25(24)32-2)18-29-27(35)30-26(31)21-10-12-23(22(28)17-21)34-15-13-19-7-5-4-6-8-19/h4-12,16-17H,3,13-15,18H2,1-2H3,(H2,29,30,31,35). The lowest BCUT2D eigenvalue weighted by molar-refractivity contribution is 0.0976. The van der Waals surface area contributed by atoms with Crippen LogP contribution in [0.5, 0.6) is 17.2 Å². The van der Waals surface area contributed by atoms with Crippen molar-refractivity contribution < 1.29 is 19.0 Å². The van der Waals surface area contributed by atoms with Crippen molar-refractivity contribution in [1.29, 1.82) is 0 Å². The molecule has 0 unspecified atom stereocenters. The molecule has 0 saturated carbocycles. The van der Waals surface area contributed by atoms with Crippen LogP contribution in [0.1, 0.15) is 34.8 Å². The molecule has 0 atom stereocenters. The maximum atomic E-state index is 12.6. The SMILES string of the molecule is CCCOc1ccc(CNC(=S)NC(=O)c2ccc(OCCc3ccccc3)c(Br)c2)cc1OC. The van der Waals surface area contributed by atoms with Crippen molar-refractivity contribution in [3.63, 3.8) is 0 Å². The van der Waals surface area contributed by atoms with Crippen molar-refractivity contribution in [2.24, 2.45) is 0 Å². The molecule has 0 saturated heterocycles. The van der Waals surface area contributed by atoms with Gasteiger partial charge in [0.05, 0.1) is 24.8 Å². The molecule has 3 aromatic carbocycles. The van der Waals surface area contributed by atoms with E-state index in [-0.39, 0.29) is 11.0 Å². The molecule has 0 aliphatic heterocycles. The summed E-state index contributed by atoms with van der Waals surface area (Å²) in [4.78, 5) is 12.6. The molecule has 0 spiro atoms. The summed E-state index contributed by atoms with van der Waals surface area (Å²) >= 11 is 8.79. The quantitative estimate of drug-likeness (QED) is 0.296. The number of carbonyl (C=O) groups is 1. The molecular formula is C27H29BrN2O4S. The molecule has 0 fully saturated rings. The highest BCUT2D eigenvalue weighted by molar-refractivity contribution is 9.10. The van der Waals surface area contributed by atoms with E-state index >= 15 is 0 Å². The fraction of sp³-hybridized carbons (Fsp3) is 0.259. The van der Waals surface area contributed by atoms with E-state index in [0.717, 1.165) is 18.4 Å². The van der Waals surface area contributed by atoms with Gasteiger partial charge in [-0.1, -0.05) is 43.3 Å². The van der Waals surface area contributed by atoms with Crippen molar-refractivity contribution in [3.05, 3.63) is 87.9 Å². The highest BCUT2D eigenvalue weighted by Crippen LogP contribution is 2.28. The van der Waals surface area contributed by atoms with Gasteiger partial charge in [0.2, 0.25) is 0 Å². The zero-order valence-corrected chi connectivity index (χ0v) is 22.2. The van der Waals surface area contributed by atoms with Gasteiger partial charge in [-0.2, -0.15) is 0 Å². The van der Waals surface area contributed by atoms with Crippen molar-refractivity contribution in [3.8, 4) is 17.2 Å². The largest absolute Gasteiger partial charge is 0.493 e. The van der Waals surface area contributed by atoms with Gasteiger partial charge in [0.1, 0.15) is 5.75 Å². The molecule has 3 aromatic rings. The second-order valence-corrected chi connectivity index (χ2v) is 8.96. The van der Waals surface area contributed by atoms with E-state index in [1.807, 2.05) is 43.3 Å². The van der Waals surface area contributed by atoms with E-state index in [0.29, 0.717) is 47.0 Å². The Labute approximate surface area is 220 Å². The monoisotopic (exact) mass is 556 g/mol. The minimum absolute atomic E-state index is 0.236. The third-order valence-corrected chi connectivity index (χ3v) is 5.92. The van der Waals surface area contributed by atoms with Crippen LogP contribution in [-0.2, 0) is 13.0 Å². The Morgan fingerprint density at radius 2 is 1.66 bits per heavy atom. The lowest BCUT2D eigenvalue weighted by Crippen LogP contribution is -2.38. The molecule has 0 aromatic heterocycles. The van der Waals surface area contributed by atoms with Gasteiger partial charge in [0.15, 0.2) is 16.6 Å². The Balaban J connectivity index is 1.49. The van der Waals surface area contributed by atoms with Crippen LogP contribution in [0.15, 0.2) is 71.2 Å². The van der Waals surface area contributed by atoms with Crippen molar-refractivity contribution in [2.45, 2.75) is 26.3 Å². The lowest BCUT2D eigenvalue weighted by Gasteiger charge is -2.14. The van der Waals surface area contributed by atoms with Crippen molar-refractivity contribution in [2.75, 3.05) is 20.3 Å². The van der Waals surface area contributed by atoms with E-state index in [4.69, 9.17) is 26.4 Å². The number of methoxy groups -OCH3 is 1. The number of halogens is 1. The number of rotatable bonds is 11. The van der Waals surface area contributed by atoms with E-state index in [9.17, 15) is 4.79 Å². The predicted molar refractivity (Wildman–Crippen MR) is 145 cm³/mol. The number of ether oxygens (including phenoxy) is 3. The zero-order valence-electron chi connectivity index (χ0n) is 19.8. The highest BCUT2D eigenvalue weighted by Gasteiger charge is 2.12. The number of nitrogens with one attached hydrogen (secondary N) is 2. The first-order valence-electron chi connectivity index (χ1n) is 11.3. The first-order valence-corrected chi connectivity index (χ1v) is 12.6. The Bertz CT molecular complexity index is 1140. The molecule has 0 aliphatic rings. The molecule has 2 N–H and O–H groups in total. The number of carbonyl (C=O) groups excluding carboxylic acids is 1. The minimum atomic E-state index is -0.306. The van der Waals surface area contributed by atoms with Gasteiger partial charge in [-0.15, -0.1) is 0 Å². The molecule has 1 amide bonds. The van der Waals surface area contributed by atoms with E-state index in [2.05, 4.69) is 38.7 Å². The number of benzene rings is 3. The van der Waals surface area contributed by atoms with Gasteiger partial charge in [0, 0.05) is 18.5 Å². The molecule has 6 nitrogen and oxygen atoms in total. The first-order chi connectivity index (χ1) is 17.0. The number of hydrogen-bond donors (Lipinski definition) is 2.